The van der Waals surface area contributed by atoms with Gasteiger partial charge in [-0.15, -0.1) is 0 Å². The van der Waals surface area contributed by atoms with Crippen molar-refractivity contribution in [2.75, 3.05) is 19.7 Å². The standard InChI is InChI=1S/C8H13NO2.C2HF3O2/c10-7-5-8(11-6-7)1-3-9-4-2-8;3-2(4,5)1(6)7/h9H,1-6H2;(H,6,7). The topological polar surface area (TPSA) is 75.6 Å². The summed E-state index contributed by atoms with van der Waals surface area (Å²) in [4.78, 5) is 19.9. The highest BCUT2D eigenvalue weighted by molar-refractivity contribution is 5.82. The molecule has 0 aromatic heterocycles. The average Bonchev–Trinajstić information content (AvgIpc) is 2.60. The molecular formula is C10H14F3NO4. The van der Waals surface area contributed by atoms with E-state index in [1.54, 1.807) is 0 Å². The lowest BCUT2D eigenvalue weighted by Gasteiger charge is -2.31. The van der Waals surface area contributed by atoms with Crippen molar-refractivity contribution in [2.24, 2.45) is 0 Å². The highest BCUT2D eigenvalue weighted by atomic mass is 19.4. The largest absolute Gasteiger partial charge is 0.490 e. The molecule has 5 nitrogen and oxygen atoms in total. The zero-order valence-corrected chi connectivity index (χ0v) is 9.55. The van der Waals surface area contributed by atoms with Gasteiger partial charge < -0.3 is 15.2 Å². The minimum atomic E-state index is -5.08. The predicted octanol–water partition coefficient (Wildman–Crippen LogP) is 0.731. The van der Waals surface area contributed by atoms with Gasteiger partial charge in [0.2, 0.25) is 0 Å². The van der Waals surface area contributed by atoms with Crippen molar-refractivity contribution in [1.82, 2.24) is 5.32 Å². The molecule has 2 aliphatic rings. The second kappa shape index (κ2) is 5.66. The van der Waals surface area contributed by atoms with E-state index in [0.29, 0.717) is 13.0 Å². The van der Waals surface area contributed by atoms with Crippen molar-refractivity contribution in [3.63, 3.8) is 0 Å². The number of hydrogen-bond donors (Lipinski definition) is 2. The van der Waals surface area contributed by atoms with Gasteiger partial charge in [0.1, 0.15) is 6.61 Å². The van der Waals surface area contributed by atoms with Gasteiger partial charge in [0.05, 0.1) is 5.60 Å². The first kappa shape index (κ1) is 14.9. The number of ether oxygens (including phenoxy) is 1. The number of carbonyl (C=O) groups excluding carboxylic acids is 1. The molecule has 0 unspecified atom stereocenters. The highest BCUT2D eigenvalue weighted by Gasteiger charge is 2.40. The molecule has 8 heteroatoms. The van der Waals surface area contributed by atoms with Gasteiger partial charge in [-0.2, -0.15) is 13.2 Å². The molecule has 18 heavy (non-hydrogen) atoms. The van der Waals surface area contributed by atoms with Crippen molar-refractivity contribution in [3.8, 4) is 0 Å². The lowest BCUT2D eigenvalue weighted by Crippen LogP contribution is -2.41. The summed E-state index contributed by atoms with van der Waals surface area (Å²) >= 11 is 0. The first-order valence-corrected chi connectivity index (χ1v) is 5.42. The van der Waals surface area contributed by atoms with Crippen LogP contribution in [0, 0.1) is 0 Å². The Labute approximate surface area is 101 Å². The fourth-order valence-electron chi connectivity index (χ4n) is 1.90. The second-order valence-electron chi connectivity index (χ2n) is 4.24. The molecule has 2 saturated heterocycles. The Morgan fingerprint density at radius 1 is 1.33 bits per heavy atom. The molecule has 2 aliphatic heterocycles. The van der Waals surface area contributed by atoms with E-state index < -0.39 is 12.1 Å². The molecule has 2 N–H and O–H groups in total. The van der Waals surface area contributed by atoms with Gasteiger partial charge in [0.25, 0.3) is 0 Å². The van der Waals surface area contributed by atoms with Crippen LogP contribution in [0.15, 0.2) is 0 Å². The molecule has 0 saturated carbocycles. The molecule has 0 aliphatic carbocycles. The number of Topliss-reactive ketones (excluding diaryl/α,β-unsaturated/α-hetero) is 1. The minimum absolute atomic E-state index is 0.0671. The molecule has 0 radical (unpaired) electrons. The van der Waals surface area contributed by atoms with Gasteiger partial charge >= 0.3 is 12.1 Å². The third kappa shape index (κ3) is 4.26. The summed E-state index contributed by atoms with van der Waals surface area (Å²) in [6, 6.07) is 0. The molecule has 0 bridgehead atoms. The molecule has 1 spiro atoms. The van der Waals surface area contributed by atoms with E-state index in [9.17, 15) is 18.0 Å². The number of carbonyl (C=O) groups is 2. The zero-order chi connectivity index (χ0) is 13.8. The van der Waals surface area contributed by atoms with Gasteiger partial charge in [0.15, 0.2) is 5.78 Å². The zero-order valence-electron chi connectivity index (χ0n) is 9.55. The summed E-state index contributed by atoms with van der Waals surface area (Å²) in [5.74, 6) is -2.49. The quantitative estimate of drug-likeness (QED) is 0.678. The number of rotatable bonds is 0. The average molecular weight is 269 g/mol. The van der Waals surface area contributed by atoms with Crippen molar-refractivity contribution < 1.29 is 32.6 Å². The van der Waals surface area contributed by atoms with Crippen molar-refractivity contribution in [1.29, 1.82) is 0 Å². The molecule has 0 atom stereocenters. The van der Waals surface area contributed by atoms with Crippen LogP contribution in [0.3, 0.4) is 0 Å². The number of alkyl halides is 3. The number of halogens is 3. The van der Waals surface area contributed by atoms with Crippen LogP contribution >= 0.6 is 0 Å². The van der Waals surface area contributed by atoms with Gasteiger partial charge in [-0.1, -0.05) is 0 Å². The molecule has 0 aromatic rings. The van der Waals surface area contributed by atoms with Gasteiger partial charge in [-0.05, 0) is 25.9 Å². The monoisotopic (exact) mass is 269 g/mol. The first-order chi connectivity index (χ1) is 8.25. The Kier molecular flexibility index (Phi) is 4.69. The van der Waals surface area contributed by atoms with Gasteiger partial charge in [0, 0.05) is 6.42 Å². The SMILES string of the molecule is O=C(O)C(F)(F)F.O=C1COC2(CCNCC2)C1. The number of ketones is 1. The van der Waals surface area contributed by atoms with Crippen LogP contribution in [0.25, 0.3) is 0 Å². The van der Waals surface area contributed by atoms with Crippen LogP contribution < -0.4 is 5.32 Å². The maximum absolute atomic E-state index is 11.0. The predicted molar refractivity (Wildman–Crippen MR) is 54.1 cm³/mol. The number of nitrogens with one attached hydrogen (secondary N) is 1. The van der Waals surface area contributed by atoms with Crippen LogP contribution in [0.5, 0.6) is 0 Å². The number of carboxylic acids is 1. The summed E-state index contributed by atoms with van der Waals surface area (Å²) in [5.41, 5.74) is -0.0671. The number of piperidine rings is 1. The normalized spacial score (nSPS) is 22.5. The van der Waals surface area contributed by atoms with Crippen molar-refractivity contribution in [3.05, 3.63) is 0 Å². The van der Waals surface area contributed by atoms with E-state index in [0.717, 1.165) is 25.9 Å². The molecule has 2 rings (SSSR count). The van der Waals surface area contributed by atoms with E-state index in [-0.39, 0.29) is 11.4 Å². The van der Waals surface area contributed by atoms with E-state index in [1.807, 2.05) is 0 Å². The Morgan fingerprint density at radius 3 is 2.17 bits per heavy atom. The van der Waals surface area contributed by atoms with Crippen LogP contribution in [-0.4, -0.2) is 48.3 Å². The third-order valence-electron chi connectivity index (χ3n) is 2.82. The molecule has 0 amide bonds. The molecule has 2 fully saturated rings. The van der Waals surface area contributed by atoms with E-state index in [4.69, 9.17) is 14.6 Å². The molecule has 2 heterocycles. The summed E-state index contributed by atoms with van der Waals surface area (Å²) in [6.45, 7) is 2.33. The second-order valence-corrected chi connectivity index (χ2v) is 4.24. The first-order valence-electron chi connectivity index (χ1n) is 5.42. The molecular weight excluding hydrogens is 255 g/mol. The summed E-state index contributed by atoms with van der Waals surface area (Å²) in [5, 5.41) is 10.4. The van der Waals surface area contributed by atoms with Gasteiger partial charge in [-0.25, -0.2) is 4.79 Å². The van der Waals surface area contributed by atoms with Crippen molar-refractivity contribution in [2.45, 2.75) is 31.0 Å². The molecule has 104 valence electrons. The van der Waals surface area contributed by atoms with E-state index in [1.165, 1.54) is 0 Å². The van der Waals surface area contributed by atoms with Crippen LogP contribution in [-0.2, 0) is 14.3 Å². The number of hydrogen-bond acceptors (Lipinski definition) is 4. The lowest BCUT2D eigenvalue weighted by atomic mass is 9.89. The lowest BCUT2D eigenvalue weighted by molar-refractivity contribution is -0.192. The van der Waals surface area contributed by atoms with Crippen LogP contribution in [0.4, 0.5) is 13.2 Å². The Morgan fingerprint density at radius 2 is 1.83 bits per heavy atom. The maximum atomic E-state index is 11.0. The Bertz CT molecular complexity index is 324. The summed E-state index contributed by atoms with van der Waals surface area (Å²) in [7, 11) is 0. The smallest absolute Gasteiger partial charge is 0.475 e. The number of aliphatic carboxylic acids is 1. The number of carboxylic acid groups (broad SMARTS) is 1. The van der Waals surface area contributed by atoms with Crippen LogP contribution in [0.1, 0.15) is 19.3 Å². The van der Waals surface area contributed by atoms with Crippen LogP contribution in [0.2, 0.25) is 0 Å². The highest BCUT2D eigenvalue weighted by Crippen LogP contribution is 2.31. The fraction of sp³-hybridized carbons (Fsp3) is 0.800. The minimum Gasteiger partial charge on any atom is -0.475 e. The Balaban J connectivity index is 0.000000203. The van der Waals surface area contributed by atoms with E-state index in [2.05, 4.69) is 5.32 Å². The van der Waals surface area contributed by atoms with Gasteiger partial charge in [-0.3, -0.25) is 4.79 Å². The third-order valence-corrected chi connectivity index (χ3v) is 2.82. The van der Waals surface area contributed by atoms with E-state index >= 15 is 0 Å². The molecule has 0 aromatic carbocycles. The Hall–Kier alpha value is -1.15. The summed E-state index contributed by atoms with van der Waals surface area (Å²) < 4.78 is 37.2. The van der Waals surface area contributed by atoms with Crippen molar-refractivity contribution >= 4 is 11.8 Å². The maximum Gasteiger partial charge on any atom is 0.490 e. The fourth-order valence-corrected chi connectivity index (χ4v) is 1.90. The summed E-state index contributed by atoms with van der Waals surface area (Å²) in [6.07, 6.45) is -2.44.